The zero-order valence-electron chi connectivity index (χ0n) is 16.6. The maximum absolute atomic E-state index is 6.14. The largest absolute Gasteiger partial charge is 0.314 e. The first kappa shape index (κ1) is 19.6. The fourth-order valence-electron chi connectivity index (χ4n) is 3.87. The fraction of sp³-hybridized carbons (Fsp3) is 0.333. The van der Waals surface area contributed by atoms with Gasteiger partial charge in [-0.25, -0.2) is 0 Å². The zero-order valence-corrected chi connectivity index (χ0v) is 18.2. The summed E-state index contributed by atoms with van der Waals surface area (Å²) in [7, 11) is 0. The summed E-state index contributed by atoms with van der Waals surface area (Å²) >= 11 is 8.20. The average Bonchev–Trinajstić information content (AvgIpc) is 3.05. The number of nitrogens with zero attached hydrogens (tertiary/aromatic N) is 2. The second-order valence-electron chi connectivity index (χ2n) is 7.39. The van der Waals surface area contributed by atoms with Crippen molar-refractivity contribution in [1.82, 2.24) is 9.47 Å². The maximum Gasteiger partial charge on any atom is 0.0534 e. The van der Waals surface area contributed by atoms with Crippen LogP contribution < -0.4 is 0 Å². The molecule has 1 aliphatic rings. The molecular formula is C24H27ClN2S. The van der Waals surface area contributed by atoms with Crippen LogP contribution in [0.15, 0.2) is 54.6 Å². The van der Waals surface area contributed by atoms with Crippen LogP contribution in [-0.2, 0) is 13.0 Å². The van der Waals surface area contributed by atoms with Gasteiger partial charge in [-0.1, -0.05) is 42.8 Å². The minimum Gasteiger partial charge on any atom is -0.314 e. The lowest BCUT2D eigenvalue weighted by atomic mass is 10.1. The first-order valence-electron chi connectivity index (χ1n) is 10.0. The lowest BCUT2D eigenvalue weighted by molar-refractivity contribution is 0.294. The number of halogens is 1. The number of aromatic nitrogens is 1. The van der Waals surface area contributed by atoms with E-state index < -0.39 is 0 Å². The van der Waals surface area contributed by atoms with E-state index in [1.807, 2.05) is 12.1 Å². The summed E-state index contributed by atoms with van der Waals surface area (Å²) in [4.78, 5) is 2.58. The molecule has 2 aromatic carbocycles. The van der Waals surface area contributed by atoms with E-state index in [9.17, 15) is 0 Å². The van der Waals surface area contributed by atoms with Crippen LogP contribution >= 0.6 is 23.4 Å². The van der Waals surface area contributed by atoms with Crippen LogP contribution in [0.5, 0.6) is 0 Å². The van der Waals surface area contributed by atoms with Crippen LogP contribution in [0.2, 0.25) is 5.02 Å². The number of thioether (sulfide) groups is 1. The van der Waals surface area contributed by atoms with Gasteiger partial charge in [-0.15, -0.1) is 0 Å². The molecule has 0 bridgehead atoms. The number of aryl methyl sites for hydroxylation is 1. The molecule has 0 aliphatic carbocycles. The lowest BCUT2D eigenvalue weighted by Gasteiger charge is -2.26. The van der Waals surface area contributed by atoms with Crippen LogP contribution in [0.3, 0.4) is 0 Å². The van der Waals surface area contributed by atoms with Gasteiger partial charge in [0, 0.05) is 47.5 Å². The Labute approximate surface area is 177 Å². The third kappa shape index (κ3) is 4.17. The van der Waals surface area contributed by atoms with E-state index in [-0.39, 0.29) is 0 Å². The summed E-state index contributed by atoms with van der Waals surface area (Å²) in [6.07, 6.45) is 1.06. The van der Waals surface area contributed by atoms with Gasteiger partial charge in [-0.3, -0.25) is 4.90 Å². The summed E-state index contributed by atoms with van der Waals surface area (Å²) in [6, 6.07) is 19.5. The Morgan fingerprint density at radius 3 is 2.29 bits per heavy atom. The monoisotopic (exact) mass is 410 g/mol. The van der Waals surface area contributed by atoms with Crippen molar-refractivity contribution >= 4 is 23.4 Å². The Hall–Kier alpha value is -1.68. The molecule has 0 saturated carbocycles. The average molecular weight is 411 g/mol. The Balaban J connectivity index is 1.77. The molecule has 28 heavy (non-hydrogen) atoms. The van der Waals surface area contributed by atoms with E-state index in [0.29, 0.717) is 0 Å². The Bertz CT molecular complexity index is 922. The lowest BCUT2D eigenvalue weighted by Crippen LogP contribution is -2.32. The summed E-state index contributed by atoms with van der Waals surface area (Å²) in [6.45, 7) is 7.83. The minimum atomic E-state index is 0.775. The Morgan fingerprint density at radius 2 is 1.64 bits per heavy atom. The van der Waals surface area contributed by atoms with Gasteiger partial charge in [0.1, 0.15) is 0 Å². The van der Waals surface area contributed by atoms with Gasteiger partial charge in [0.25, 0.3) is 0 Å². The third-order valence-corrected chi connectivity index (χ3v) is 6.79. The maximum atomic E-state index is 6.14. The molecule has 0 spiro atoms. The predicted octanol–water partition coefficient (Wildman–Crippen LogP) is 6.22. The molecule has 3 aromatic rings. The molecule has 4 heteroatoms. The quantitative estimate of drug-likeness (QED) is 0.493. The van der Waals surface area contributed by atoms with Crippen LogP contribution in [0.25, 0.3) is 16.9 Å². The molecule has 1 aromatic heterocycles. The molecule has 2 nitrogen and oxygen atoms in total. The van der Waals surface area contributed by atoms with E-state index in [2.05, 4.69) is 77.5 Å². The van der Waals surface area contributed by atoms with Gasteiger partial charge in [0.2, 0.25) is 0 Å². The van der Waals surface area contributed by atoms with Crippen LogP contribution in [0.1, 0.15) is 23.7 Å². The molecular weight excluding hydrogens is 384 g/mol. The zero-order chi connectivity index (χ0) is 19.5. The standard InChI is InChI=1S/C24H27ClN2S/c1-3-19-4-10-23(11-5-19)27-18(2)21(17-26-12-14-28-15-13-26)16-24(27)20-6-8-22(25)9-7-20/h4-11,16H,3,12-15,17H2,1-2H3. The van der Waals surface area contributed by atoms with Gasteiger partial charge in [-0.05, 0) is 60.4 Å². The van der Waals surface area contributed by atoms with Crippen molar-refractivity contribution < 1.29 is 0 Å². The highest BCUT2D eigenvalue weighted by atomic mass is 35.5. The Morgan fingerprint density at radius 1 is 0.964 bits per heavy atom. The summed E-state index contributed by atoms with van der Waals surface area (Å²) in [5, 5.41) is 0.775. The Kier molecular flexibility index (Phi) is 6.15. The smallest absolute Gasteiger partial charge is 0.0534 e. The van der Waals surface area contributed by atoms with Gasteiger partial charge in [-0.2, -0.15) is 11.8 Å². The van der Waals surface area contributed by atoms with Crippen molar-refractivity contribution in [2.45, 2.75) is 26.8 Å². The molecule has 0 amide bonds. The first-order chi connectivity index (χ1) is 13.7. The summed E-state index contributed by atoms with van der Waals surface area (Å²) < 4.78 is 2.40. The van der Waals surface area contributed by atoms with E-state index in [1.165, 1.54) is 58.4 Å². The van der Waals surface area contributed by atoms with Crippen LogP contribution in [0.4, 0.5) is 0 Å². The first-order valence-corrected chi connectivity index (χ1v) is 11.6. The molecule has 4 rings (SSSR count). The normalized spacial score (nSPS) is 15.1. The summed E-state index contributed by atoms with van der Waals surface area (Å²) in [5.41, 5.74) is 7.77. The molecule has 1 saturated heterocycles. The highest BCUT2D eigenvalue weighted by molar-refractivity contribution is 7.99. The predicted molar refractivity (Wildman–Crippen MR) is 123 cm³/mol. The highest BCUT2D eigenvalue weighted by Gasteiger charge is 2.18. The number of benzene rings is 2. The molecule has 2 heterocycles. The van der Waals surface area contributed by atoms with E-state index in [4.69, 9.17) is 11.6 Å². The number of rotatable bonds is 5. The molecule has 0 radical (unpaired) electrons. The van der Waals surface area contributed by atoms with E-state index in [1.54, 1.807) is 0 Å². The van der Waals surface area contributed by atoms with Crippen molar-refractivity contribution in [2.75, 3.05) is 24.6 Å². The molecule has 0 unspecified atom stereocenters. The van der Waals surface area contributed by atoms with Crippen LogP contribution in [-0.4, -0.2) is 34.1 Å². The fourth-order valence-corrected chi connectivity index (χ4v) is 4.97. The van der Waals surface area contributed by atoms with Crippen molar-refractivity contribution in [3.63, 3.8) is 0 Å². The minimum absolute atomic E-state index is 0.775. The summed E-state index contributed by atoms with van der Waals surface area (Å²) in [5.74, 6) is 2.48. The van der Waals surface area contributed by atoms with Crippen molar-refractivity contribution in [3.8, 4) is 16.9 Å². The number of hydrogen-bond acceptors (Lipinski definition) is 2. The third-order valence-electron chi connectivity index (χ3n) is 5.59. The number of hydrogen-bond donors (Lipinski definition) is 0. The highest BCUT2D eigenvalue weighted by Crippen LogP contribution is 2.31. The van der Waals surface area contributed by atoms with E-state index in [0.717, 1.165) is 18.0 Å². The van der Waals surface area contributed by atoms with Crippen LogP contribution in [0, 0.1) is 6.92 Å². The van der Waals surface area contributed by atoms with Gasteiger partial charge < -0.3 is 4.57 Å². The van der Waals surface area contributed by atoms with Gasteiger partial charge >= 0.3 is 0 Å². The second kappa shape index (κ2) is 8.77. The second-order valence-corrected chi connectivity index (χ2v) is 9.05. The van der Waals surface area contributed by atoms with Crippen molar-refractivity contribution in [1.29, 1.82) is 0 Å². The molecule has 1 fully saturated rings. The van der Waals surface area contributed by atoms with Gasteiger partial charge in [0.15, 0.2) is 0 Å². The van der Waals surface area contributed by atoms with Crippen molar-refractivity contribution in [2.24, 2.45) is 0 Å². The van der Waals surface area contributed by atoms with Gasteiger partial charge in [0.05, 0.1) is 5.69 Å². The molecule has 1 aliphatic heterocycles. The molecule has 0 N–H and O–H groups in total. The topological polar surface area (TPSA) is 8.17 Å². The SMILES string of the molecule is CCc1ccc(-n2c(-c3ccc(Cl)cc3)cc(CN3CCSCC3)c2C)cc1. The molecule has 146 valence electrons. The van der Waals surface area contributed by atoms with E-state index >= 15 is 0 Å². The van der Waals surface area contributed by atoms with Crippen molar-refractivity contribution in [3.05, 3.63) is 76.4 Å². The molecule has 0 atom stereocenters.